The molecule has 1 aromatic heterocycles. The zero-order valence-electron chi connectivity index (χ0n) is 14.6. The molecule has 0 spiro atoms. The van der Waals surface area contributed by atoms with E-state index < -0.39 is 5.60 Å². The normalized spacial score (nSPS) is 16.6. The number of ether oxygens (including phenoxy) is 1. The average molecular weight is 349 g/mol. The first-order valence-corrected chi connectivity index (χ1v) is 9.04. The van der Waals surface area contributed by atoms with Crippen molar-refractivity contribution in [2.24, 2.45) is 0 Å². The van der Waals surface area contributed by atoms with Crippen molar-refractivity contribution >= 4 is 28.6 Å². The van der Waals surface area contributed by atoms with Crippen LogP contribution in [0, 0.1) is 0 Å². The van der Waals surface area contributed by atoms with Gasteiger partial charge in [0, 0.05) is 36.1 Å². The van der Waals surface area contributed by atoms with Gasteiger partial charge >= 0.3 is 6.09 Å². The molecule has 0 bridgehead atoms. The predicted molar refractivity (Wildman–Crippen MR) is 97.6 cm³/mol. The van der Waals surface area contributed by atoms with E-state index in [1.165, 1.54) is 10.9 Å². The number of nitrogens with one attached hydrogen (secondary N) is 1. The predicted octanol–water partition coefficient (Wildman–Crippen LogP) is 5.02. The summed E-state index contributed by atoms with van der Waals surface area (Å²) >= 11 is 5.97. The minimum Gasteiger partial charge on any atom is -0.444 e. The van der Waals surface area contributed by atoms with Gasteiger partial charge in [0.2, 0.25) is 0 Å². The summed E-state index contributed by atoms with van der Waals surface area (Å²) in [7, 11) is 0. The summed E-state index contributed by atoms with van der Waals surface area (Å²) in [6.07, 6.45) is 3.81. The molecular weight excluding hydrogens is 324 g/mol. The zero-order chi connectivity index (χ0) is 17.3. The number of H-pyrrole nitrogens is 1. The van der Waals surface area contributed by atoms with Crippen molar-refractivity contribution in [3.05, 3.63) is 35.5 Å². The smallest absolute Gasteiger partial charge is 0.410 e. The van der Waals surface area contributed by atoms with Gasteiger partial charge in [-0.25, -0.2) is 4.79 Å². The number of carbonyl (C=O) groups is 1. The third kappa shape index (κ3) is 3.69. The van der Waals surface area contributed by atoms with E-state index >= 15 is 0 Å². The van der Waals surface area contributed by atoms with Crippen molar-refractivity contribution in [1.29, 1.82) is 0 Å². The van der Waals surface area contributed by atoms with Crippen LogP contribution in [0.2, 0.25) is 0 Å². The second-order valence-electron chi connectivity index (χ2n) is 7.50. The number of hydrogen-bond acceptors (Lipinski definition) is 2. The number of alkyl halides is 1. The number of aromatic nitrogens is 1. The Morgan fingerprint density at radius 2 is 2.04 bits per heavy atom. The van der Waals surface area contributed by atoms with E-state index in [1.807, 2.05) is 25.7 Å². The van der Waals surface area contributed by atoms with Crippen molar-refractivity contribution in [1.82, 2.24) is 9.88 Å². The number of benzene rings is 1. The van der Waals surface area contributed by atoms with Gasteiger partial charge in [-0.15, -0.1) is 11.6 Å². The molecule has 0 atom stereocenters. The van der Waals surface area contributed by atoms with Gasteiger partial charge in [-0.05, 0) is 62.8 Å². The molecule has 0 radical (unpaired) electrons. The Bertz CT molecular complexity index is 725. The highest BCUT2D eigenvalue weighted by Gasteiger charge is 2.28. The zero-order valence-corrected chi connectivity index (χ0v) is 15.3. The summed E-state index contributed by atoms with van der Waals surface area (Å²) in [6, 6.07) is 6.32. The van der Waals surface area contributed by atoms with Gasteiger partial charge in [-0.2, -0.15) is 0 Å². The topological polar surface area (TPSA) is 45.3 Å². The van der Waals surface area contributed by atoms with E-state index in [0.717, 1.165) is 37.0 Å². The molecule has 24 heavy (non-hydrogen) atoms. The molecular formula is C19H25ClN2O2. The minimum absolute atomic E-state index is 0.204. The summed E-state index contributed by atoms with van der Waals surface area (Å²) in [5, 5.41) is 1.25. The third-order valence-corrected chi connectivity index (χ3v) is 4.83. The Labute approximate surface area is 148 Å². The summed E-state index contributed by atoms with van der Waals surface area (Å²) in [5.41, 5.74) is 3.17. The second kappa shape index (κ2) is 6.67. The van der Waals surface area contributed by atoms with Crippen LogP contribution in [0.15, 0.2) is 24.4 Å². The van der Waals surface area contributed by atoms with E-state index in [2.05, 4.69) is 29.4 Å². The van der Waals surface area contributed by atoms with E-state index in [4.69, 9.17) is 16.3 Å². The number of aromatic amines is 1. The van der Waals surface area contributed by atoms with Gasteiger partial charge in [0.1, 0.15) is 5.60 Å². The van der Waals surface area contributed by atoms with Gasteiger partial charge in [0.05, 0.1) is 0 Å². The maximum atomic E-state index is 12.2. The SMILES string of the molecule is CC(C)(C)OC(=O)N1CCC(c2c[nH]c3ccc(CCl)cc23)CC1. The summed E-state index contributed by atoms with van der Waals surface area (Å²) in [4.78, 5) is 17.4. The van der Waals surface area contributed by atoms with Crippen molar-refractivity contribution < 1.29 is 9.53 Å². The fraction of sp³-hybridized carbons (Fsp3) is 0.526. The Kier molecular flexibility index (Phi) is 4.77. The molecule has 0 saturated carbocycles. The molecule has 1 aromatic carbocycles. The minimum atomic E-state index is -0.442. The summed E-state index contributed by atoms with van der Waals surface area (Å²) in [6.45, 7) is 7.18. The van der Waals surface area contributed by atoms with Crippen molar-refractivity contribution in [2.45, 2.75) is 51.0 Å². The molecule has 2 heterocycles. The highest BCUT2D eigenvalue weighted by Crippen LogP contribution is 2.34. The molecule has 0 unspecified atom stereocenters. The molecule has 1 saturated heterocycles. The maximum absolute atomic E-state index is 12.2. The fourth-order valence-corrected chi connectivity index (χ4v) is 3.48. The number of hydrogen-bond donors (Lipinski definition) is 1. The number of piperidine rings is 1. The van der Waals surface area contributed by atoms with Crippen LogP contribution >= 0.6 is 11.6 Å². The Balaban J connectivity index is 1.70. The number of nitrogens with zero attached hydrogens (tertiary/aromatic N) is 1. The van der Waals surface area contributed by atoms with Gasteiger partial charge in [0.25, 0.3) is 0 Å². The quantitative estimate of drug-likeness (QED) is 0.774. The van der Waals surface area contributed by atoms with Gasteiger partial charge in [-0.1, -0.05) is 6.07 Å². The lowest BCUT2D eigenvalue weighted by Crippen LogP contribution is -2.41. The fourth-order valence-electron chi connectivity index (χ4n) is 3.31. The first-order chi connectivity index (χ1) is 11.4. The maximum Gasteiger partial charge on any atom is 0.410 e. The van der Waals surface area contributed by atoms with Crippen LogP contribution in [0.3, 0.4) is 0 Å². The van der Waals surface area contributed by atoms with E-state index in [9.17, 15) is 4.79 Å². The molecule has 1 N–H and O–H groups in total. The van der Waals surface area contributed by atoms with Crippen LogP contribution in [-0.2, 0) is 10.6 Å². The summed E-state index contributed by atoms with van der Waals surface area (Å²) in [5.74, 6) is 0.987. The molecule has 3 rings (SSSR count). The van der Waals surface area contributed by atoms with Crippen LogP contribution in [0.1, 0.15) is 50.7 Å². The van der Waals surface area contributed by atoms with Gasteiger partial charge in [0.15, 0.2) is 0 Å². The molecule has 5 heteroatoms. The van der Waals surface area contributed by atoms with Crippen LogP contribution in [0.4, 0.5) is 4.79 Å². The van der Waals surface area contributed by atoms with Gasteiger partial charge in [-0.3, -0.25) is 0 Å². The number of amides is 1. The van der Waals surface area contributed by atoms with E-state index in [1.54, 1.807) is 0 Å². The lowest BCUT2D eigenvalue weighted by atomic mass is 9.89. The highest BCUT2D eigenvalue weighted by atomic mass is 35.5. The van der Waals surface area contributed by atoms with Crippen molar-refractivity contribution in [2.75, 3.05) is 13.1 Å². The lowest BCUT2D eigenvalue weighted by Gasteiger charge is -2.33. The standard InChI is InChI=1S/C19H25ClN2O2/c1-19(2,3)24-18(23)22-8-6-14(7-9-22)16-12-21-17-5-4-13(11-20)10-15(16)17/h4-5,10,12,14,21H,6-9,11H2,1-3H3. The first-order valence-electron chi connectivity index (χ1n) is 8.51. The summed E-state index contributed by atoms with van der Waals surface area (Å²) < 4.78 is 5.47. The molecule has 0 aliphatic carbocycles. The molecule has 1 amide bonds. The second-order valence-corrected chi connectivity index (χ2v) is 7.77. The molecule has 1 aliphatic rings. The Morgan fingerprint density at radius 1 is 1.33 bits per heavy atom. The first kappa shape index (κ1) is 17.2. The van der Waals surface area contributed by atoms with Crippen LogP contribution in [-0.4, -0.2) is 34.7 Å². The molecule has 130 valence electrons. The average Bonchev–Trinajstić information content (AvgIpc) is 2.96. The Morgan fingerprint density at radius 3 is 2.67 bits per heavy atom. The molecule has 4 nitrogen and oxygen atoms in total. The third-order valence-electron chi connectivity index (χ3n) is 4.52. The number of fused-ring (bicyclic) bond motifs is 1. The number of likely N-dealkylation sites (tertiary alicyclic amines) is 1. The number of rotatable bonds is 2. The largest absolute Gasteiger partial charge is 0.444 e. The molecule has 1 aliphatic heterocycles. The van der Waals surface area contributed by atoms with Crippen LogP contribution in [0.5, 0.6) is 0 Å². The monoisotopic (exact) mass is 348 g/mol. The van der Waals surface area contributed by atoms with Gasteiger partial charge < -0.3 is 14.6 Å². The Hall–Kier alpha value is -1.68. The van der Waals surface area contributed by atoms with E-state index in [0.29, 0.717) is 11.8 Å². The lowest BCUT2D eigenvalue weighted by molar-refractivity contribution is 0.0205. The van der Waals surface area contributed by atoms with Crippen LogP contribution in [0.25, 0.3) is 10.9 Å². The molecule has 2 aromatic rings. The molecule has 1 fully saturated rings. The highest BCUT2D eigenvalue weighted by molar-refractivity contribution is 6.17. The van der Waals surface area contributed by atoms with E-state index in [-0.39, 0.29) is 6.09 Å². The van der Waals surface area contributed by atoms with Crippen LogP contribution < -0.4 is 0 Å². The van der Waals surface area contributed by atoms with Crippen molar-refractivity contribution in [3.63, 3.8) is 0 Å². The number of halogens is 1. The number of carbonyl (C=O) groups excluding carboxylic acids is 1. The van der Waals surface area contributed by atoms with Crippen molar-refractivity contribution in [3.8, 4) is 0 Å².